The van der Waals surface area contributed by atoms with Crippen LogP contribution in [0.3, 0.4) is 0 Å². The Morgan fingerprint density at radius 3 is 2.63 bits per heavy atom. The van der Waals surface area contributed by atoms with Crippen molar-refractivity contribution >= 4 is 56.6 Å². The van der Waals surface area contributed by atoms with Gasteiger partial charge in [0.2, 0.25) is 0 Å². The Morgan fingerprint density at radius 2 is 1.81 bits per heavy atom. The molecule has 7 heteroatoms. The van der Waals surface area contributed by atoms with E-state index in [0.29, 0.717) is 31.1 Å². The molecule has 0 aliphatic carbocycles. The Morgan fingerprint density at radius 1 is 1.04 bits per heavy atom. The third-order valence-electron chi connectivity index (χ3n) is 4.19. The van der Waals surface area contributed by atoms with Crippen molar-refractivity contribution in [1.82, 2.24) is 9.38 Å². The molecular weight excluding hydrogens is 403 g/mol. The molecule has 5 aromatic rings. The molecule has 0 fully saturated rings. The maximum Gasteiger partial charge on any atom is 0.275 e. The molecule has 0 amide bonds. The fourth-order valence-electron chi connectivity index (χ4n) is 3.02. The highest BCUT2D eigenvalue weighted by molar-refractivity contribution is 7.15. The summed E-state index contributed by atoms with van der Waals surface area (Å²) in [5.41, 5.74) is 2.29. The average molecular weight is 413 g/mol. The van der Waals surface area contributed by atoms with E-state index in [2.05, 4.69) is 4.98 Å². The van der Waals surface area contributed by atoms with Crippen molar-refractivity contribution in [3.8, 4) is 11.3 Å². The van der Waals surface area contributed by atoms with E-state index in [4.69, 9.17) is 27.6 Å². The van der Waals surface area contributed by atoms with Crippen LogP contribution in [0.15, 0.2) is 63.8 Å². The second kappa shape index (κ2) is 6.23. The summed E-state index contributed by atoms with van der Waals surface area (Å²) >= 11 is 13.4. The van der Waals surface area contributed by atoms with Gasteiger partial charge >= 0.3 is 0 Å². The normalized spacial score (nSPS) is 12.4. The molecule has 5 rings (SSSR count). The fourth-order valence-corrected chi connectivity index (χ4v) is 4.52. The monoisotopic (exact) mass is 412 g/mol. The van der Waals surface area contributed by atoms with Crippen molar-refractivity contribution in [1.29, 1.82) is 0 Å². The molecule has 0 aliphatic rings. The van der Waals surface area contributed by atoms with E-state index >= 15 is 0 Å². The molecular formula is C20H10Cl2N2O2S. The van der Waals surface area contributed by atoms with E-state index < -0.39 is 0 Å². The molecule has 3 aromatic heterocycles. The molecule has 132 valence electrons. The molecule has 0 bridgehead atoms. The number of nitrogens with zero attached hydrogens (tertiary/aromatic N) is 2. The second-order valence-corrected chi connectivity index (χ2v) is 7.88. The van der Waals surface area contributed by atoms with E-state index in [9.17, 15) is 4.79 Å². The first-order valence-electron chi connectivity index (χ1n) is 8.06. The molecule has 2 aromatic carbocycles. The van der Waals surface area contributed by atoms with Crippen molar-refractivity contribution in [2.75, 3.05) is 0 Å². The van der Waals surface area contributed by atoms with Crippen molar-refractivity contribution < 1.29 is 4.42 Å². The Hall–Kier alpha value is -2.60. The van der Waals surface area contributed by atoms with Gasteiger partial charge in [-0.1, -0.05) is 46.7 Å². The minimum absolute atomic E-state index is 0.104. The van der Waals surface area contributed by atoms with Crippen LogP contribution in [0.25, 0.3) is 33.4 Å². The lowest BCUT2D eigenvalue weighted by atomic mass is 10.2. The van der Waals surface area contributed by atoms with Gasteiger partial charge in [-0.3, -0.25) is 4.79 Å². The lowest BCUT2D eigenvalue weighted by Gasteiger charge is -1.99. The van der Waals surface area contributed by atoms with Gasteiger partial charge in [0.1, 0.15) is 16.1 Å². The second-order valence-electron chi connectivity index (χ2n) is 5.99. The smallest absolute Gasteiger partial charge is 0.275 e. The molecule has 0 aliphatic heterocycles. The fraction of sp³-hybridized carbons (Fsp3) is 0. The summed E-state index contributed by atoms with van der Waals surface area (Å²) in [5, 5.41) is 1.07. The van der Waals surface area contributed by atoms with Crippen molar-refractivity contribution in [2.24, 2.45) is 0 Å². The zero-order chi connectivity index (χ0) is 18.5. The third-order valence-corrected chi connectivity index (χ3v) is 5.60. The van der Waals surface area contributed by atoms with Gasteiger partial charge in [0.05, 0.1) is 11.0 Å². The number of rotatable bonds is 2. The number of aromatic nitrogens is 2. The molecule has 0 atom stereocenters. The Kier molecular flexibility index (Phi) is 3.82. The number of benzene rings is 2. The maximum absolute atomic E-state index is 12.8. The first-order valence-corrected chi connectivity index (χ1v) is 9.64. The van der Waals surface area contributed by atoms with E-state index in [-0.39, 0.29) is 5.56 Å². The van der Waals surface area contributed by atoms with E-state index in [1.165, 1.54) is 11.3 Å². The van der Waals surface area contributed by atoms with Crippen LogP contribution >= 0.6 is 34.5 Å². The van der Waals surface area contributed by atoms with E-state index in [1.807, 2.05) is 36.4 Å². The molecule has 0 radical (unpaired) electrons. The minimum atomic E-state index is -0.104. The largest absolute Gasteiger partial charge is 0.457 e. The predicted molar refractivity (Wildman–Crippen MR) is 110 cm³/mol. The summed E-state index contributed by atoms with van der Waals surface area (Å²) in [6, 6.07) is 16.4. The summed E-state index contributed by atoms with van der Waals surface area (Å²) in [6.07, 6.45) is 1.73. The molecule has 0 spiro atoms. The van der Waals surface area contributed by atoms with E-state index in [0.717, 1.165) is 16.6 Å². The van der Waals surface area contributed by atoms with Crippen LogP contribution in [0.2, 0.25) is 10.0 Å². The number of fused-ring (bicyclic) bond motifs is 3. The highest BCUT2D eigenvalue weighted by Crippen LogP contribution is 2.28. The average Bonchev–Trinajstić information content (AvgIpc) is 3.30. The summed E-state index contributed by atoms with van der Waals surface area (Å²) < 4.78 is 8.06. The highest BCUT2D eigenvalue weighted by Gasteiger charge is 2.11. The van der Waals surface area contributed by atoms with Crippen LogP contribution < -0.4 is 10.1 Å². The standard InChI is InChI=1S/C20H10Cl2N2O2S/c21-12-7-11(8-13(22)9-12)17-6-5-14(26-17)10-18-19(25)24-16-4-2-1-3-15(16)23-20(24)27-18/h1-10H/b18-10+. The van der Waals surface area contributed by atoms with Gasteiger partial charge < -0.3 is 4.42 Å². The molecule has 27 heavy (non-hydrogen) atoms. The SMILES string of the molecule is O=c1/c(=C\c2ccc(-c3cc(Cl)cc(Cl)c3)o2)sc2nc3ccccc3n12. The van der Waals surface area contributed by atoms with Crippen molar-refractivity contribution in [3.05, 3.63) is 85.3 Å². The lowest BCUT2D eigenvalue weighted by Crippen LogP contribution is -2.22. The van der Waals surface area contributed by atoms with Gasteiger partial charge in [0, 0.05) is 21.7 Å². The van der Waals surface area contributed by atoms with Gasteiger partial charge in [0.15, 0.2) is 4.96 Å². The Balaban J connectivity index is 1.62. The zero-order valence-corrected chi connectivity index (χ0v) is 16.0. The topological polar surface area (TPSA) is 47.5 Å². The summed E-state index contributed by atoms with van der Waals surface area (Å²) in [4.78, 5) is 18.0. The predicted octanol–water partition coefficient (Wildman–Crippen LogP) is 5.02. The number of para-hydroxylation sites is 2. The van der Waals surface area contributed by atoms with Crippen LogP contribution in [0.4, 0.5) is 0 Å². The number of halogens is 2. The van der Waals surface area contributed by atoms with Gasteiger partial charge in [-0.25, -0.2) is 9.38 Å². The van der Waals surface area contributed by atoms with Crippen molar-refractivity contribution in [3.63, 3.8) is 0 Å². The first-order chi connectivity index (χ1) is 13.1. The quantitative estimate of drug-likeness (QED) is 0.408. The molecule has 0 unspecified atom stereocenters. The van der Waals surface area contributed by atoms with Crippen LogP contribution in [0, 0.1) is 0 Å². The van der Waals surface area contributed by atoms with Crippen molar-refractivity contribution in [2.45, 2.75) is 0 Å². The van der Waals surface area contributed by atoms with Crippen LogP contribution in [-0.4, -0.2) is 9.38 Å². The number of imidazole rings is 1. The molecule has 0 saturated heterocycles. The van der Waals surface area contributed by atoms with Gasteiger partial charge in [0.25, 0.3) is 5.56 Å². The first kappa shape index (κ1) is 16.6. The Bertz CT molecular complexity index is 1410. The third kappa shape index (κ3) is 2.84. The zero-order valence-electron chi connectivity index (χ0n) is 13.6. The number of hydrogen-bond acceptors (Lipinski definition) is 4. The maximum atomic E-state index is 12.8. The lowest BCUT2D eigenvalue weighted by molar-refractivity contribution is 0.571. The van der Waals surface area contributed by atoms with Gasteiger partial charge in [-0.05, 0) is 42.5 Å². The van der Waals surface area contributed by atoms with E-state index in [1.54, 1.807) is 28.7 Å². The molecule has 0 saturated carbocycles. The molecule has 3 heterocycles. The van der Waals surface area contributed by atoms with Crippen LogP contribution in [0.5, 0.6) is 0 Å². The Labute approximate surface area is 166 Å². The summed E-state index contributed by atoms with van der Waals surface area (Å²) in [6.45, 7) is 0. The number of hydrogen-bond donors (Lipinski definition) is 0. The molecule has 4 nitrogen and oxygen atoms in total. The summed E-state index contributed by atoms with van der Waals surface area (Å²) in [5.74, 6) is 1.21. The summed E-state index contributed by atoms with van der Waals surface area (Å²) in [7, 11) is 0. The molecule has 0 N–H and O–H groups in total. The minimum Gasteiger partial charge on any atom is -0.457 e. The van der Waals surface area contributed by atoms with Crippen LogP contribution in [0.1, 0.15) is 5.76 Å². The van der Waals surface area contributed by atoms with Crippen LogP contribution in [-0.2, 0) is 0 Å². The van der Waals surface area contributed by atoms with Gasteiger partial charge in [-0.2, -0.15) is 0 Å². The highest BCUT2D eigenvalue weighted by atomic mass is 35.5. The van der Waals surface area contributed by atoms with Gasteiger partial charge in [-0.15, -0.1) is 0 Å². The number of furan rings is 1. The number of thiazole rings is 1.